The predicted molar refractivity (Wildman–Crippen MR) is 92.6 cm³/mol. The van der Waals surface area contributed by atoms with Gasteiger partial charge in [0, 0.05) is 38.5 Å². The lowest BCUT2D eigenvalue weighted by molar-refractivity contribution is 0.00314. The third-order valence-electron chi connectivity index (χ3n) is 5.70. The second-order valence-corrected chi connectivity index (χ2v) is 7.52. The Morgan fingerprint density at radius 3 is 2.88 bits per heavy atom. The first-order valence-corrected chi connectivity index (χ1v) is 9.53. The number of carbonyl (C=O) groups is 2. The molecule has 4 heterocycles. The number of ether oxygens (including phenoxy) is 1. The number of hydrogen-bond acceptors (Lipinski definition) is 6. The topological polar surface area (TPSA) is 101 Å². The van der Waals surface area contributed by atoms with Gasteiger partial charge < -0.3 is 20.3 Å². The summed E-state index contributed by atoms with van der Waals surface area (Å²) in [7, 11) is 0. The van der Waals surface area contributed by atoms with Crippen molar-refractivity contribution < 1.29 is 14.3 Å². The summed E-state index contributed by atoms with van der Waals surface area (Å²) in [6.07, 6.45) is 7.42. The molecule has 2 amide bonds. The molecule has 26 heavy (non-hydrogen) atoms. The number of hydrogen-bond donors (Lipinski definition) is 2. The van der Waals surface area contributed by atoms with E-state index in [1.54, 1.807) is 15.8 Å². The van der Waals surface area contributed by atoms with Gasteiger partial charge in [0.05, 0.1) is 12.7 Å². The van der Waals surface area contributed by atoms with E-state index in [9.17, 15) is 9.59 Å². The van der Waals surface area contributed by atoms with E-state index in [1.165, 1.54) is 19.3 Å². The highest BCUT2D eigenvalue weighted by atomic mass is 16.6. The zero-order chi connectivity index (χ0) is 18.0. The van der Waals surface area contributed by atoms with Crippen molar-refractivity contribution in [3.05, 3.63) is 11.9 Å². The molecular formula is C17H26N6O3. The van der Waals surface area contributed by atoms with Crippen LogP contribution in [0, 0.1) is 0 Å². The Bertz CT molecular complexity index is 661. The Labute approximate surface area is 152 Å². The maximum Gasteiger partial charge on any atom is 0.407 e. The van der Waals surface area contributed by atoms with E-state index in [2.05, 4.69) is 20.9 Å². The number of nitrogens with one attached hydrogen (secondary N) is 2. The third kappa shape index (κ3) is 3.67. The molecule has 0 saturated carbocycles. The van der Waals surface area contributed by atoms with Gasteiger partial charge in [-0.25, -0.2) is 4.79 Å². The van der Waals surface area contributed by atoms with Crippen LogP contribution >= 0.6 is 0 Å². The zero-order valence-corrected chi connectivity index (χ0v) is 14.9. The number of aryl methyl sites for hydroxylation is 1. The summed E-state index contributed by atoms with van der Waals surface area (Å²) in [5.74, 6) is -0.0980. The van der Waals surface area contributed by atoms with Gasteiger partial charge in [0.25, 0.3) is 5.91 Å². The van der Waals surface area contributed by atoms with E-state index < -0.39 is 5.60 Å². The molecule has 0 aliphatic carbocycles. The number of aromatic nitrogens is 3. The van der Waals surface area contributed by atoms with Crippen molar-refractivity contribution >= 4 is 12.0 Å². The van der Waals surface area contributed by atoms with E-state index >= 15 is 0 Å². The largest absolute Gasteiger partial charge is 0.441 e. The first-order chi connectivity index (χ1) is 12.6. The van der Waals surface area contributed by atoms with Crippen molar-refractivity contribution in [2.45, 2.75) is 56.7 Å². The van der Waals surface area contributed by atoms with Crippen LogP contribution in [0.5, 0.6) is 0 Å². The lowest BCUT2D eigenvalue weighted by Crippen LogP contribution is -2.48. The van der Waals surface area contributed by atoms with E-state index in [0.29, 0.717) is 44.2 Å². The molecule has 4 rings (SSSR count). The van der Waals surface area contributed by atoms with Crippen LogP contribution in [-0.2, 0) is 11.3 Å². The van der Waals surface area contributed by atoms with Gasteiger partial charge in [0.1, 0.15) is 5.60 Å². The van der Waals surface area contributed by atoms with Crippen LogP contribution in [0.2, 0.25) is 0 Å². The van der Waals surface area contributed by atoms with Gasteiger partial charge in [-0.1, -0.05) is 11.6 Å². The Morgan fingerprint density at radius 2 is 2.19 bits per heavy atom. The summed E-state index contributed by atoms with van der Waals surface area (Å²) < 4.78 is 7.15. The summed E-state index contributed by atoms with van der Waals surface area (Å²) in [5.41, 5.74) is -0.0579. The molecule has 1 atom stereocenters. The monoisotopic (exact) mass is 362 g/mol. The van der Waals surface area contributed by atoms with E-state index in [-0.39, 0.29) is 12.0 Å². The van der Waals surface area contributed by atoms with Gasteiger partial charge in [0.2, 0.25) is 0 Å². The summed E-state index contributed by atoms with van der Waals surface area (Å²) in [5, 5.41) is 14.4. The van der Waals surface area contributed by atoms with Crippen LogP contribution < -0.4 is 10.6 Å². The molecule has 3 fully saturated rings. The summed E-state index contributed by atoms with van der Waals surface area (Å²) in [6, 6.07) is 0.535. The minimum absolute atomic E-state index is 0.0980. The minimum Gasteiger partial charge on any atom is -0.441 e. The zero-order valence-electron chi connectivity index (χ0n) is 14.9. The van der Waals surface area contributed by atoms with Crippen molar-refractivity contribution in [2.75, 3.05) is 26.2 Å². The molecule has 3 aliphatic rings. The molecule has 142 valence electrons. The predicted octanol–water partition coefficient (Wildman–Crippen LogP) is 0.525. The highest BCUT2D eigenvalue weighted by Crippen LogP contribution is 2.29. The minimum atomic E-state index is -0.446. The van der Waals surface area contributed by atoms with Gasteiger partial charge in [-0.15, -0.1) is 5.10 Å². The average Bonchev–Trinajstić information content (AvgIpc) is 3.28. The van der Waals surface area contributed by atoms with Crippen molar-refractivity contribution in [1.82, 2.24) is 30.5 Å². The first kappa shape index (κ1) is 17.3. The van der Waals surface area contributed by atoms with Gasteiger partial charge in [-0.3, -0.25) is 9.48 Å². The summed E-state index contributed by atoms with van der Waals surface area (Å²) >= 11 is 0. The fourth-order valence-electron chi connectivity index (χ4n) is 4.02. The van der Waals surface area contributed by atoms with Crippen LogP contribution in [-0.4, -0.2) is 69.7 Å². The lowest BCUT2D eigenvalue weighted by atomic mass is 9.91. The number of rotatable bonds is 4. The van der Waals surface area contributed by atoms with Gasteiger partial charge in [-0.2, -0.15) is 0 Å². The second-order valence-electron chi connectivity index (χ2n) is 7.52. The molecule has 2 N–H and O–H groups in total. The van der Waals surface area contributed by atoms with Gasteiger partial charge in [-0.05, 0) is 25.8 Å². The molecule has 1 aromatic heterocycles. The summed E-state index contributed by atoms with van der Waals surface area (Å²) in [6.45, 7) is 3.51. The Hall–Kier alpha value is -2.16. The SMILES string of the molecule is O=C1NCC2(CCN(C(=O)c3cn(CC[C@H]4CCCCN4)nn3)CC2)O1. The molecule has 0 unspecified atom stereocenters. The van der Waals surface area contributed by atoms with Crippen LogP contribution in [0.15, 0.2) is 6.20 Å². The van der Waals surface area contributed by atoms with E-state index in [1.807, 2.05) is 0 Å². The standard InChI is InChI=1S/C17H26N6O3/c24-15(22-9-5-17(6-10-22)12-19-16(25)26-17)14-11-23(21-20-14)8-4-13-3-1-2-7-18-13/h11,13,18H,1-10,12H2,(H,19,25)/t13-/m1/s1. The normalized spacial score (nSPS) is 25.2. The molecule has 9 nitrogen and oxygen atoms in total. The Balaban J connectivity index is 1.28. The first-order valence-electron chi connectivity index (χ1n) is 9.53. The molecular weight excluding hydrogens is 336 g/mol. The van der Waals surface area contributed by atoms with Crippen molar-refractivity contribution in [1.29, 1.82) is 0 Å². The summed E-state index contributed by atoms with van der Waals surface area (Å²) in [4.78, 5) is 25.7. The number of likely N-dealkylation sites (tertiary alicyclic amines) is 1. The quantitative estimate of drug-likeness (QED) is 0.810. The van der Waals surface area contributed by atoms with Gasteiger partial charge >= 0.3 is 6.09 Å². The fraction of sp³-hybridized carbons (Fsp3) is 0.765. The van der Waals surface area contributed by atoms with Crippen LogP contribution in [0.4, 0.5) is 4.79 Å². The number of amides is 2. The maximum atomic E-state index is 12.7. The maximum absolute atomic E-state index is 12.7. The van der Waals surface area contributed by atoms with E-state index in [4.69, 9.17) is 4.74 Å². The molecule has 1 aromatic rings. The van der Waals surface area contributed by atoms with Crippen molar-refractivity contribution in [2.24, 2.45) is 0 Å². The number of nitrogens with zero attached hydrogens (tertiary/aromatic N) is 4. The van der Waals surface area contributed by atoms with Crippen LogP contribution in [0.25, 0.3) is 0 Å². The highest BCUT2D eigenvalue weighted by Gasteiger charge is 2.43. The molecule has 0 aromatic carbocycles. The average molecular weight is 362 g/mol. The second kappa shape index (κ2) is 7.22. The number of carbonyl (C=O) groups excluding carboxylic acids is 2. The lowest BCUT2D eigenvalue weighted by Gasteiger charge is -2.36. The van der Waals surface area contributed by atoms with E-state index in [0.717, 1.165) is 19.5 Å². The molecule has 0 bridgehead atoms. The Kier molecular flexibility index (Phi) is 4.80. The molecule has 1 spiro atoms. The van der Waals surface area contributed by atoms with Crippen LogP contribution in [0.3, 0.4) is 0 Å². The molecule has 0 radical (unpaired) electrons. The third-order valence-corrected chi connectivity index (χ3v) is 5.70. The highest BCUT2D eigenvalue weighted by molar-refractivity contribution is 5.92. The number of alkyl carbamates (subject to hydrolysis) is 1. The van der Waals surface area contributed by atoms with Crippen molar-refractivity contribution in [3.8, 4) is 0 Å². The smallest absolute Gasteiger partial charge is 0.407 e. The molecule has 3 saturated heterocycles. The fourth-order valence-corrected chi connectivity index (χ4v) is 4.02. The van der Waals surface area contributed by atoms with Crippen molar-refractivity contribution in [3.63, 3.8) is 0 Å². The van der Waals surface area contributed by atoms with Gasteiger partial charge in [0.15, 0.2) is 5.69 Å². The molecule has 3 aliphatic heterocycles. The number of piperidine rings is 2. The Morgan fingerprint density at radius 1 is 1.35 bits per heavy atom. The van der Waals surface area contributed by atoms with Crippen LogP contribution in [0.1, 0.15) is 49.0 Å². The molecule has 9 heteroatoms.